The number of hydrogen-bond donors (Lipinski definition) is 1. The highest BCUT2D eigenvalue weighted by Crippen LogP contribution is 2.21. The van der Waals surface area contributed by atoms with Gasteiger partial charge in [0.2, 0.25) is 5.91 Å². The molecule has 3 heteroatoms. The van der Waals surface area contributed by atoms with Crippen LogP contribution in [0.1, 0.15) is 32.4 Å². The molecule has 0 aliphatic rings. The fraction of sp³-hybridized carbons (Fsp3) is 0.438. The van der Waals surface area contributed by atoms with Gasteiger partial charge in [-0.15, -0.1) is 0 Å². The van der Waals surface area contributed by atoms with Crippen LogP contribution in [0.2, 0.25) is 0 Å². The molecule has 0 heterocycles. The Kier molecular flexibility index (Phi) is 6.30. The Morgan fingerprint density at radius 1 is 1.32 bits per heavy atom. The maximum Gasteiger partial charge on any atom is 0.246 e. The fourth-order valence-electron chi connectivity index (χ4n) is 1.98. The van der Waals surface area contributed by atoms with Gasteiger partial charge in [0.15, 0.2) is 0 Å². The van der Waals surface area contributed by atoms with Crippen molar-refractivity contribution in [2.24, 2.45) is 5.92 Å². The molecule has 1 rings (SSSR count). The summed E-state index contributed by atoms with van der Waals surface area (Å²) in [5.41, 5.74) is 1.10. The van der Waals surface area contributed by atoms with Crippen molar-refractivity contribution in [1.82, 2.24) is 4.90 Å². The van der Waals surface area contributed by atoms with Crippen LogP contribution in [0.3, 0.4) is 0 Å². The van der Waals surface area contributed by atoms with E-state index in [0.717, 1.165) is 5.56 Å². The molecule has 0 unspecified atom stereocenters. The highest BCUT2D eigenvalue weighted by atomic mass is 16.3. The van der Waals surface area contributed by atoms with Gasteiger partial charge in [0.05, 0.1) is 6.04 Å². The molecule has 1 aromatic carbocycles. The number of aliphatic hydroxyl groups is 1. The van der Waals surface area contributed by atoms with Gasteiger partial charge >= 0.3 is 0 Å². The summed E-state index contributed by atoms with van der Waals surface area (Å²) in [4.78, 5) is 14.0. The molecule has 0 bridgehead atoms. The number of benzene rings is 1. The molecule has 1 N–H and O–H groups in total. The molecular weight excluding hydrogens is 238 g/mol. The molecule has 2 atom stereocenters. The van der Waals surface area contributed by atoms with Gasteiger partial charge in [-0.05, 0) is 31.4 Å². The Hall–Kier alpha value is -1.61. The van der Waals surface area contributed by atoms with Crippen LogP contribution < -0.4 is 0 Å². The molecule has 104 valence electrons. The first-order chi connectivity index (χ1) is 9.10. The highest BCUT2D eigenvalue weighted by molar-refractivity contribution is 5.87. The van der Waals surface area contributed by atoms with E-state index in [0.29, 0.717) is 6.54 Å². The van der Waals surface area contributed by atoms with Gasteiger partial charge in [0.1, 0.15) is 0 Å². The van der Waals surface area contributed by atoms with E-state index in [1.54, 1.807) is 17.1 Å². The topological polar surface area (TPSA) is 40.5 Å². The summed E-state index contributed by atoms with van der Waals surface area (Å²) < 4.78 is 0. The first-order valence-corrected chi connectivity index (χ1v) is 6.69. The molecule has 19 heavy (non-hydrogen) atoms. The van der Waals surface area contributed by atoms with Gasteiger partial charge in [-0.3, -0.25) is 4.79 Å². The maximum absolute atomic E-state index is 12.2. The van der Waals surface area contributed by atoms with Gasteiger partial charge < -0.3 is 10.0 Å². The van der Waals surface area contributed by atoms with Gasteiger partial charge in [-0.25, -0.2) is 0 Å². The fourth-order valence-corrected chi connectivity index (χ4v) is 1.98. The van der Waals surface area contributed by atoms with Gasteiger partial charge in [-0.2, -0.15) is 0 Å². The molecule has 0 saturated carbocycles. The molecule has 3 nitrogen and oxygen atoms in total. The molecule has 0 fully saturated rings. The van der Waals surface area contributed by atoms with Crippen LogP contribution in [-0.2, 0) is 4.79 Å². The lowest BCUT2D eigenvalue weighted by atomic mass is 10.0. The molecule has 1 amide bonds. The monoisotopic (exact) mass is 261 g/mol. The maximum atomic E-state index is 12.2. The van der Waals surface area contributed by atoms with Gasteiger partial charge in [0, 0.05) is 13.2 Å². The van der Waals surface area contributed by atoms with Crippen LogP contribution in [-0.4, -0.2) is 29.1 Å². The summed E-state index contributed by atoms with van der Waals surface area (Å²) >= 11 is 0. The number of allylic oxidation sites excluding steroid dienone is 1. The molecule has 0 radical (unpaired) electrons. The van der Waals surface area contributed by atoms with E-state index in [4.69, 9.17) is 0 Å². The second-order valence-electron chi connectivity index (χ2n) is 4.87. The van der Waals surface area contributed by atoms with Crippen LogP contribution in [0, 0.1) is 5.92 Å². The standard InChI is InChI=1S/C16H23NO2/c1-4-8-16(19)17(11-13(2)12-18)14(3)15-9-6-5-7-10-15/h4-10,13-14,18H,11-12H2,1-3H3/b8-4+/t13-,14+/m1/s1. The van der Waals surface area contributed by atoms with Crippen molar-refractivity contribution in [3.05, 3.63) is 48.0 Å². The normalized spacial score (nSPS) is 14.3. The van der Waals surface area contributed by atoms with E-state index in [9.17, 15) is 9.90 Å². The first kappa shape index (κ1) is 15.4. The summed E-state index contributed by atoms with van der Waals surface area (Å²) in [6, 6.07) is 9.94. The number of nitrogens with zero attached hydrogens (tertiary/aromatic N) is 1. The number of aliphatic hydroxyl groups excluding tert-OH is 1. The van der Waals surface area contributed by atoms with Crippen LogP contribution in [0.25, 0.3) is 0 Å². The average molecular weight is 261 g/mol. The molecule has 1 aromatic rings. The lowest BCUT2D eigenvalue weighted by Crippen LogP contribution is -2.36. The molecule has 0 spiro atoms. The van der Waals surface area contributed by atoms with Crippen molar-refractivity contribution < 1.29 is 9.90 Å². The Morgan fingerprint density at radius 2 is 1.95 bits per heavy atom. The van der Waals surface area contributed by atoms with Crippen molar-refractivity contribution in [2.45, 2.75) is 26.8 Å². The van der Waals surface area contributed by atoms with Crippen molar-refractivity contribution in [2.75, 3.05) is 13.2 Å². The molecule has 0 aromatic heterocycles. The highest BCUT2D eigenvalue weighted by Gasteiger charge is 2.21. The predicted molar refractivity (Wildman–Crippen MR) is 77.6 cm³/mol. The van der Waals surface area contributed by atoms with Crippen molar-refractivity contribution in [3.63, 3.8) is 0 Å². The molecule has 0 saturated heterocycles. The van der Waals surface area contributed by atoms with Crippen molar-refractivity contribution in [1.29, 1.82) is 0 Å². The Labute approximate surface area is 115 Å². The quantitative estimate of drug-likeness (QED) is 0.800. The SMILES string of the molecule is C/C=C/C(=O)N(C[C@@H](C)CO)[C@@H](C)c1ccccc1. The van der Waals surface area contributed by atoms with Crippen molar-refractivity contribution >= 4 is 5.91 Å². The zero-order chi connectivity index (χ0) is 14.3. The zero-order valence-corrected chi connectivity index (χ0v) is 11.9. The summed E-state index contributed by atoms with van der Waals surface area (Å²) in [5.74, 6) is 0.0551. The Bertz CT molecular complexity index is 414. The van der Waals surface area contributed by atoms with E-state index in [-0.39, 0.29) is 24.5 Å². The predicted octanol–water partition coefficient (Wildman–Crippen LogP) is 2.78. The second kappa shape index (κ2) is 7.74. The van der Waals surface area contributed by atoms with Crippen LogP contribution >= 0.6 is 0 Å². The van der Waals surface area contributed by atoms with E-state index in [2.05, 4.69) is 0 Å². The van der Waals surface area contributed by atoms with Crippen molar-refractivity contribution in [3.8, 4) is 0 Å². The summed E-state index contributed by atoms with van der Waals surface area (Å²) in [6.07, 6.45) is 3.32. The Balaban J connectivity index is 2.92. The summed E-state index contributed by atoms with van der Waals surface area (Å²) in [7, 11) is 0. The largest absolute Gasteiger partial charge is 0.396 e. The third-order valence-electron chi connectivity index (χ3n) is 3.16. The lowest BCUT2D eigenvalue weighted by molar-refractivity contribution is -0.129. The van der Waals surface area contributed by atoms with Crippen LogP contribution in [0.5, 0.6) is 0 Å². The van der Waals surface area contributed by atoms with E-state index < -0.39 is 0 Å². The molecule has 0 aliphatic carbocycles. The third kappa shape index (κ3) is 4.52. The smallest absolute Gasteiger partial charge is 0.246 e. The van der Waals surface area contributed by atoms with E-state index in [1.165, 1.54) is 0 Å². The lowest BCUT2D eigenvalue weighted by Gasteiger charge is -2.30. The first-order valence-electron chi connectivity index (χ1n) is 6.69. The van der Waals surface area contributed by atoms with E-state index >= 15 is 0 Å². The van der Waals surface area contributed by atoms with Crippen LogP contribution in [0.15, 0.2) is 42.5 Å². The molecule has 0 aliphatic heterocycles. The summed E-state index contributed by atoms with van der Waals surface area (Å²) in [6.45, 7) is 6.42. The minimum absolute atomic E-state index is 0.00102. The molecular formula is C16H23NO2. The van der Waals surface area contributed by atoms with Gasteiger partial charge in [-0.1, -0.05) is 43.3 Å². The third-order valence-corrected chi connectivity index (χ3v) is 3.16. The average Bonchev–Trinajstić information content (AvgIpc) is 2.44. The van der Waals surface area contributed by atoms with Crippen LogP contribution in [0.4, 0.5) is 0 Å². The number of carbonyl (C=O) groups excluding carboxylic acids is 1. The number of hydrogen-bond acceptors (Lipinski definition) is 2. The van der Waals surface area contributed by atoms with E-state index in [1.807, 2.05) is 51.1 Å². The summed E-state index contributed by atoms with van der Waals surface area (Å²) in [5, 5.41) is 9.19. The van der Waals surface area contributed by atoms with Gasteiger partial charge in [0.25, 0.3) is 0 Å². The zero-order valence-electron chi connectivity index (χ0n) is 11.9. The minimum atomic E-state index is -0.0147. The number of rotatable bonds is 6. The Morgan fingerprint density at radius 3 is 2.47 bits per heavy atom. The minimum Gasteiger partial charge on any atom is -0.396 e. The number of amides is 1. The second-order valence-corrected chi connectivity index (χ2v) is 4.87. The number of carbonyl (C=O) groups is 1.